The zero-order chi connectivity index (χ0) is 27.7. The average Bonchev–Trinajstić information content (AvgIpc) is 2.98. The molecule has 1 amide bonds. The van der Waals surface area contributed by atoms with Gasteiger partial charge in [-0.1, -0.05) is 24.3 Å². The summed E-state index contributed by atoms with van der Waals surface area (Å²) in [6.07, 6.45) is 8.34. The Balaban J connectivity index is 1.07. The van der Waals surface area contributed by atoms with Crippen LogP contribution in [0.4, 0.5) is 5.69 Å². The number of ether oxygens (including phenoxy) is 2. The second-order valence-electron chi connectivity index (χ2n) is 9.87. The third-order valence-corrected chi connectivity index (χ3v) is 6.93. The van der Waals surface area contributed by atoms with Gasteiger partial charge in [-0.2, -0.15) is 4.98 Å². The Bertz CT molecular complexity index is 1440. The zero-order valence-corrected chi connectivity index (χ0v) is 21.9. The van der Waals surface area contributed by atoms with E-state index >= 15 is 0 Å². The molecule has 0 spiro atoms. The lowest BCUT2D eigenvalue weighted by Crippen LogP contribution is -2.21. The van der Waals surface area contributed by atoms with Crippen LogP contribution in [0.15, 0.2) is 85.2 Å². The fourth-order valence-electron chi connectivity index (χ4n) is 4.76. The summed E-state index contributed by atoms with van der Waals surface area (Å²) in [4.78, 5) is 36.7. The standard InChI is InChI=1S/C31H30N4O5/c36-29(28-15-16-32-31(35-28)40-26-6-2-1-3-7-26)34-25-14-13-24(33-19-25)17-21-9-11-22(12-10-21)20-39-27-8-4-5-23(18-27)30(37)38/h1-8,13-16,18-19,21-22H,9-12,17,20H2,(H,34,36)(H,37,38). The van der Waals surface area contributed by atoms with Crippen molar-refractivity contribution in [3.05, 3.63) is 102 Å². The molecule has 9 nitrogen and oxygen atoms in total. The predicted octanol–water partition coefficient (Wildman–Crippen LogP) is 6.04. The van der Waals surface area contributed by atoms with E-state index in [1.54, 1.807) is 42.6 Å². The van der Waals surface area contributed by atoms with Crippen molar-refractivity contribution in [2.45, 2.75) is 32.1 Å². The molecule has 0 atom stereocenters. The van der Waals surface area contributed by atoms with Gasteiger partial charge in [0, 0.05) is 11.9 Å². The number of pyridine rings is 1. The van der Waals surface area contributed by atoms with E-state index in [-0.39, 0.29) is 23.2 Å². The van der Waals surface area contributed by atoms with Gasteiger partial charge in [0.05, 0.1) is 24.1 Å². The first-order chi connectivity index (χ1) is 19.5. The Morgan fingerprint density at radius 3 is 2.40 bits per heavy atom. The van der Waals surface area contributed by atoms with E-state index in [1.807, 2.05) is 30.3 Å². The minimum absolute atomic E-state index is 0.0981. The molecule has 1 fully saturated rings. The highest BCUT2D eigenvalue weighted by molar-refractivity contribution is 6.02. The van der Waals surface area contributed by atoms with Crippen molar-refractivity contribution in [1.82, 2.24) is 15.0 Å². The Labute approximate surface area is 232 Å². The molecule has 4 aromatic rings. The minimum Gasteiger partial charge on any atom is -0.493 e. The number of carboxylic acids is 1. The molecule has 1 saturated carbocycles. The Hall–Kier alpha value is -4.79. The van der Waals surface area contributed by atoms with Crippen molar-refractivity contribution in [1.29, 1.82) is 0 Å². The predicted molar refractivity (Wildman–Crippen MR) is 149 cm³/mol. The third kappa shape index (κ3) is 7.41. The lowest BCUT2D eigenvalue weighted by atomic mass is 9.80. The Kier molecular flexibility index (Phi) is 8.60. The summed E-state index contributed by atoms with van der Waals surface area (Å²) in [5, 5.41) is 12.0. The molecule has 40 heavy (non-hydrogen) atoms. The Morgan fingerprint density at radius 1 is 0.875 bits per heavy atom. The lowest BCUT2D eigenvalue weighted by Gasteiger charge is -2.28. The van der Waals surface area contributed by atoms with Crippen LogP contribution < -0.4 is 14.8 Å². The fourth-order valence-corrected chi connectivity index (χ4v) is 4.76. The van der Waals surface area contributed by atoms with E-state index in [1.165, 1.54) is 12.3 Å². The van der Waals surface area contributed by atoms with Gasteiger partial charge >= 0.3 is 12.0 Å². The number of benzene rings is 2. The molecule has 5 rings (SSSR count). The van der Waals surface area contributed by atoms with Gasteiger partial charge in [0.25, 0.3) is 5.91 Å². The van der Waals surface area contributed by atoms with Gasteiger partial charge in [0.15, 0.2) is 0 Å². The van der Waals surface area contributed by atoms with E-state index in [9.17, 15) is 9.59 Å². The number of aromatic nitrogens is 3. The number of para-hydroxylation sites is 1. The SMILES string of the molecule is O=C(O)c1cccc(OCC2CCC(Cc3ccc(NC(=O)c4ccnc(Oc5ccccc5)n4)cn3)CC2)c1. The summed E-state index contributed by atoms with van der Waals surface area (Å²) in [7, 11) is 0. The van der Waals surface area contributed by atoms with Gasteiger partial charge in [-0.15, -0.1) is 0 Å². The van der Waals surface area contributed by atoms with Gasteiger partial charge in [0.1, 0.15) is 17.2 Å². The number of anilines is 1. The Morgan fingerprint density at radius 2 is 1.65 bits per heavy atom. The molecule has 2 aromatic carbocycles. The monoisotopic (exact) mass is 538 g/mol. The lowest BCUT2D eigenvalue weighted by molar-refractivity contribution is 0.0696. The van der Waals surface area contributed by atoms with E-state index in [0.29, 0.717) is 35.6 Å². The van der Waals surface area contributed by atoms with Gasteiger partial charge in [-0.25, -0.2) is 9.78 Å². The van der Waals surface area contributed by atoms with E-state index in [2.05, 4.69) is 20.3 Å². The summed E-state index contributed by atoms with van der Waals surface area (Å²) >= 11 is 0. The van der Waals surface area contributed by atoms with E-state index in [0.717, 1.165) is 37.8 Å². The molecule has 0 saturated heterocycles. The van der Waals surface area contributed by atoms with E-state index < -0.39 is 5.97 Å². The second-order valence-corrected chi connectivity index (χ2v) is 9.87. The highest BCUT2D eigenvalue weighted by Crippen LogP contribution is 2.31. The molecule has 0 aliphatic heterocycles. The largest absolute Gasteiger partial charge is 0.493 e. The highest BCUT2D eigenvalue weighted by atomic mass is 16.5. The highest BCUT2D eigenvalue weighted by Gasteiger charge is 2.22. The number of carboxylic acid groups (broad SMARTS) is 1. The molecule has 0 bridgehead atoms. The van der Waals surface area contributed by atoms with Crippen LogP contribution in [-0.2, 0) is 6.42 Å². The van der Waals surface area contributed by atoms with Crippen LogP contribution >= 0.6 is 0 Å². The zero-order valence-electron chi connectivity index (χ0n) is 21.9. The number of nitrogens with one attached hydrogen (secondary N) is 1. The van der Waals surface area contributed by atoms with Crippen LogP contribution in [0.2, 0.25) is 0 Å². The smallest absolute Gasteiger partial charge is 0.335 e. The van der Waals surface area contributed by atoms with Crippen molar-refractivity contribution in [3.63, 3.8) is 0 Å². The van der Waals surface area contributed by atoms with Crippen molar-refractivity contribution in [3.8, 4) is 17.5 Å². The third-order valence-electron chi connectivity index (χ3n) is 6.93. The van der Waals surface area contributed by atoms with Crippen molar-refractivity contribution in [2.75, 3.05) is 11.9 Å². The van der Waals surface area contributed by atoms with Gasteiger partial charge in [0.2, 0.25) is 0 Å². The quantitative estimate of drug-likeness (QED) is 0.250. The molecular formula is C31H30N4O5. The van der Waals surface area contributed by atoms with Crippen LogP contribution in [0.5, 0.6) is 17.5 Å². The maximum absolute atomic E-state index is 12.7. The van der Waals surface area contributed by atoms with E-state index in [4.69, 9.17) is 14.6 Å². The molecule has 9 heteroatoms. The van der Waals surface area contributed by atoms with Crippen LogP contribution in [0.1, 0.15) is 52.2 Å². The molecule has 0 radical (unpaired) electrons. The number of rotatable bonds is 10. The van der Waals surface area contributed by atoms with Crippen LogP contribution in [0, 0.1) is 11.8 Å². The fraction of sp³-hybridized carbons (Fsp3) is 0.258. The normalized spacial score (nSPS) is 16.6. The van der Waals surface area contributed by atoms with Gasteiger partial charge < -0.3 is 19.9 Å². The number of hydrogen-bond acceptors (Lipinski definition) is 7. The number of amides is 1. The van der Waals surface area contributed by atoms with Crippen LogP contribution in [0.25, 0.3) is 0 Å². The first kappa shape index (κ1) is 26.8. The maximum Gasteiger partial charge on any atom is 0.335 e. The molecule has 0 unspecified atom stereocenters. The maximum atomic E-state index is 12.7. The number of aromatic carboxylic acids is 1. The molecular weight excluding hydrogens is 508 g/mol. The van der Waals surface area contributed by atoms with Crippen LogP contribution in [0.3, 0.4) is 0 Å². The number of carbonyl (C=O) groups is 2. The van der Waals surface area contributed by atoms with Crippen molar-refractivity contribution < 1.29 is 24.2 Å². The summed E-state index contributed by atoms with van der Waals surface area (Å²) in [6.45, 7) is 0.592. The summed E-state index contributed by atoms with van der Waals surface area (Å²) < 4.78 is 11.5. The first-order valence-corrected chi connectivity index (χ1v) is 13.3. The summed E-state index contributed by atoms with van der Waals surface area (Å²) in [5.41, 5.74) is 2.01. The molecule has 2 aromatic heterocycles. The summed E-state index contributed by atoms with van der Waals surface area (Å²) in [5.74, 6) is 0.859. The summed E-state index contributed by atoms with van der Waals surface area (Å²) in [6, 6.07) is 21.2. The molecule has 1 aliphatic carbocycles. The van der Waals surface area contributed by atoms with Crippen LogP contribution in [-0.4, -0.2) is 38.5 Å². The minimum atomic E-state index is -0.955. The number of hydrogen-bond donors (Lipinski definition) is 2. The average molecular weight is 539 g/mol. The van der Waals surface area contributed by atoms with Gasteiger partial charge in [-0.3, -0.25) is 9.78 Å². The topological polar surface area (TPSA) is 124 Å². The molecule has 204 valence electrons. The first-order valence-electron chi connectivity index (χ1n) is 13.3. The van der Waals surface area contributed by atoms with Gasteiger partial charge in [-0.05, 0) is 92.5 Å². The molecule has 1 aliphatic rings. The number of nitrogens with zero attached hydrogens (tertiary/aromatic N) is 3. The second kappa shape index (κ2) is 12.8. The van der Waals surface area contributed by atoms with Crippen molar-refractivity contribution in [2.24, 2.45) is 11.8 Å². The number of carbonyl (C=O) groups excluding carboxylic acids is 1. The molecule has 2 N–H and O–H groups in total. The van der Waals surface area contributed by atoms with Crippen molar-refractivity contribution >= 4 is 17.6 Å². The molecule has 2 heterocycles.